The molecule has 1 aromatic heterocycles. The van der Waals surface area contributed by atoms with Gasteiger partial charge in [-0.15, -0.1) is 10.2 Å². The minimum absolute atomic E-state index is 0.000356. The van der Waals surface area contributed by atoms with E-state index in [1.165, 1.54) is 43.7 Å². The minimum atomic E-state index is -1.44. The fourth-order valence-electron chi connectivity index (χ4n) is 4.35. The molecule has 5 rings (SSSR count). The molecule has 1 unspecified atom stereocenters. The van der Waals surface area contributed by atoms with Gasteiger partial charge in [-0.1, -0.05) is 55.7 Å². The highest BCUT2D eigenvalue weighted by atomic mass is 16.6. The number of ether oxygens (including phenoxy) is 2. The van der Waals surface area contributed by atoms with E-state index in [9.17, 15) is 4.79 Å². The Hall–Kier alpha value is -3.52. The zero-order chi connectivity index (χ0) is 22.0. The molecule has 0 saturated heterocycles. The van der Waals surface area contributed by atoms with Crippen LogP contribution < -0.4 is 15.2 Å². The van der Waals surface area contributed by atoms with E-state index in [1.807, 2.05) is 6.08 Å². The van der Waals surface area contributed by atoms with Crippen LogP contribution in [0.3, 0.4) is 0 Å². The maximum atomic E-state index is 13.0. The Kier molecular flexibility index (Phi) is 5.45. The summed E-state index contributed by atoms with van der Waals surface area (Å²) in [7, 11) is 0. The molecular weight excluding hydrogens is 406 g/mol. The first-order chi connectivity index (χ1) is 15.6. The highest BCUT2D eigenvalue weighted by molar-refractivity contribution is 6.09. The van der Waals surface area contributed by atoms with Gasteiger partial charge in [0.25, 0.3) is 5.72 Å². The summed E-state index contributed by atoms with van der Waals surface area (Å²) in [6.07, 6.45) is 9.84. The predicted molar refractivity (Wildman–Crippen MR) is 118 cm³/mol. The van der Waals surface area contributed by atoms with Crippen LogP contribution in [0.4, 0.5) is 0 Å². The Morgan fingerprint density at radius 2 is 1.94 bits per heavy atom. The number of para-hydroxylation sites is 1. The van der Waals surface area contributed by atoms with Crippen LogP contribution >= 0.6 is 0 Å². The summed E-state index contributed by atoms with van der Waals surface area (Å²) in [4.78, 5) is 13.0. The van der Waals surface area contributed by atoms with Crippen molar-refractivity contribution in [1.82, 2.24) is 20.6 Å². The number of nitrogens with two attached hydrogens (primary N) is 1. The zero-order valence-electron chi connectivity index (χ0n) is 17.7. The zero-order valence-corrected chi connectivity index (χ0v) is 17.7. The molecule has 164 valence electrons. The number of allylic oxidation sites excluding steroid dienone is 1. The number of aromatic amines is 1. The quantitative estimate of drug-likeness (QED) is 0.467. The molecule has 2 aliphatic rings. The fourth-order valence-corrected chi connectivity index (χ4v) is 4.35. The number of carbonyl (C=O) groups is 1. The van der Waals surface area contributed by atoms with Crippen molar-refractivity contribution < 1.29 is 14.3 Å². The summed E-state index contributed by atoms with van der Waals surface area (Å²) >= 11 is 0. The van der Waals surface area contributed by atoms with Crippen molar-refractivity contribution in [2.24, 2.45) is 5.73 Å². The molecule has 0 amide bonds. The number of hydrogen-bond acceptors (Lipinski definition) is 7. The molecule has 0 bridgehead atoms. The second kappa shape index (κ2) is 8.55. The summed E-state index contributed by atoms with van der Waals surface area (Å²) in [6.45, 7) is 0.000356. The summed E-state index contributed by atoms with van der Waals surface area (Å²) in [5.41, 5.74) is 7.57. The van der Waals surface area contributed by atoms with Crippen LogP contribution in [-0.2, 0) is 5.72 Å². The van der Waals surface area contributed by atoms with Crippen LogP contribution in [0.25, 0.3) is 6.08 Å². The van der Waals surface area contributed by atoms with Gasteiger partial charge in [0.15, 0.2) is 17.3 Å². The van der Waals surface area contributed by atoms with Crippen molar-refractivity contribution in [1.29, 1.82) is 0 Å². The SMILES string of the molecule is NC1(c2nn[nH]n2)COc2cccc(C(=O)C=Cc3ccc(C4CCCCC4)cc3)c2O1. The number of H-pyrrole nitrogens is 1. The number of aromatic nitrogens is 4. The standard InChI is InChI=1S/C24H25N5O3/c25-24(23-26-28-29-27-23)15-31-21-8-4-7-19(22(21)32-24)20(30)14-11-16-9-12-18(13-10-16)17-5-2-1-3-6-17/h4,7-14,17H,1-3,5-6,15,25H2,(H,26,27,28,29). The number of tetrazole rings is 1. The van der Waals surface area contributed by atoms with Crippen molar-refractivity contribution >= 4 is 11.9 Å². The normalized spacial score (nSPS) is 21.0. The lowest BCUT2D eigenvalue weighted by Gasteiger charge is -2.33. The Morgan fingerprint density at radius 3 is 2.69 bits per heavy atom. The maximum absolute atomic E-state index is 13.0. The van der Waals surface area contributed by atoms with E-state index in [1.54, 1.807) is 18.2 Å². The molecule has 1 aliphatic carbocycles. The van der Waals surface area contributed by atoms with Crippen LogP contribution in [0.15, 0.2) is 48.5 Å². The molecule has 3 aromatic rings. The molecule has 1 aliphatic heterocycles. The lowest BCUT2D eigenvalue weighted by Crippen LogP contribution is -2.51. The van der Waals surface area contributed by atoms with Crippen molar-refractivity contribution in [3.05, 3.63) is 71.1 Å². The molecule has 1 fully saturated rings. The van der Waals surface area contributed by atoms with E-state index < -0.39 is 5.72 Å². The van der Waals surface area contributed by atoms with Gasteiger partial charge >= 0.3 is 0 Å². The van der Waals surface area contributed by atoms with Gasteiger partial charge in [-0.25, -0.2) is 0 Å². The van der Waals surface area contributed by atoms with Crippen LogP contribution in [-0.4, -0.2) is 33.0 Å². The Morgan fingerprint density at radius 1 is 1.12 bits per heavy atom. The van der Waals surface area contributed by atoms with E-state index in [-0.39, 0.29) is 24.0 Å². The van der Waals surface area contributed by atoms with Crippen molar-refractivity contribution in [3.63, 3.8) is 0 Å². The molecule has 1 saturated carbocycles. The number of nitrogens with zero attached hydrogens (tertiary/aromatic N) is 3. The second-order valence-electron chi connectivity index (χ2n) is 8.35. The lowest BCUT2D eigenvalue weighted by atomic mass is 9.84. The van der Waals surface area contributed by atoms with Gasteiger partial charge in [0.1, 0.15) is 6.61 Å². The number of hydrogen-bond donors (Lipinski definition) is 2. The van der Waals surface area contributed by atoms with E-state index in [0.717, 1.165) is 5.56 Å². The fraction of sp³-hybridized carbons (Fsp3) is 0.333. The van der Waals surface area contributed by atoms with Crippen molar-refractivity contribution in [3.8, 4) is 11.5 Å². The Bertz CT molecular complexity index is 1120. The average molecular weight is 431 g/mol. The molecule has 8 heteroatoms. The highest BCUT2D eigenvalue weighted by Gasteiger charge is 2.41. The monoisotopic (exact) mass is 431 g/mol. The smallest absolute Gasteiger partial charge is 0.257 e. The second-order valence-corrected chi connectivity index (χ2v) is 8.35. The predicted octanol–water partition coefficient (Wildman–Crippen LogP) is 3.73. The number of rotatable bonds is 5. The molecule has 0 spiro atoms. The molecule has 2 heterocycles. The van der Waals surface area contributed by atoms with Crippen LogP contribution in [0.5, 0.6) is 11.5 Å². The first kappa shape index (κ1) is 20.4. The van der Waals surface area contributed by atoms with Gasteiger partial charge in [-0.3, -0.25) is 10.5 Å². The number of ketones is 1. The molecular formula is C24H25N5O3. The number of fused-ring (bicyclic) bond motifs is 1. The molecule has 1 atom stereocenters. The minimum Gasteiger partial charge on any atom is -0.483 e. The van der Waals surface area contributed by atoms with Gasteiger partial charge < -0.3 is 9.47 Å². The van der Waals surface area contributed by atoms with Crippen molar-refractivity contribution in [2.75, 3.05) is 6.61 Å². The van der Waals surface area contributed by atoms with Crippen LogP contribution in [0.1, 0.15) is 65.3 Å². The number of carbonyl (C=O) groups excluding carboxylic acids is 1. The van der Waals surface area contributed by atoms with Gasteiger partial charge in [-0.05, 0) is 53.3 Å². The average Bonchev–Trinajstić information content (AvgIpc) is 3.39. The van der Waals surface area contributed by atoms with Gasteiger partial charge in [-0.2, -0.15) is 5.21 Å². The molecule has 2 aromatic carbocycles. The topological polar surface area (TPSA) is 116 Å². The molecule has 8 nitrogen and oxygen atoms in total. The number of benzene rings is 2. The molecule has 3 N–H and O–H groups in total. The largest absolute Gasteiger partial charge is 0.483 e. The number of nitrogens with one attached hydrogen (secondary N) is 1. The first-order valence-corrected chi connectivity index (χ1v) is 10.9. The summed E-state index contributed by atoms with van der Waals surface area (Å²) in [5.74, 6) is 1.32. The third-order valence-corrected chi connectivity index (χ3v) is 6.13. The Labute approximate surface area is 185 Å². The third-order valence-electron chi connectivity index (χ3n) is 6.13. The van der Waals surface area contributed by atoms with Gasteiger partial charge in [0, 0.05) is 0 Å². The summed E-state index contributed by atoms with van der Waals surface area (Å²) < 4.78 is 11.7. The third kappa shape index (κ3) is 4.01. The van der Waals surface area contributed by atoms with E-state index in [4.69, 9.17) is 15.2 Å². The van der Waals surface area contributed by atoms with Crippen LogP contribution in [0.2, 0.25) is 0 Å². The summed E-state index contributed by atoms with van der Waals surface area (Å²) in [6, 6.07) is 13.6. The maximum Gasteiger partial charge on any atom is 0.257 e. The van der Waals surface area contributed by atoms with Gasteiger partial charge in [0.05, 0.1) is 5.56 Å². The summed E-state index contributed by atoms with van der Waals surface area (Å²) in [5, 5.41) is 13.7. The molecule has 32 heavy (non-hydrogen) atoms. The van der Waals surface area contributed by atoms with Crippen LogP contribution in [0, 0.1) is 0 Å². The lowest BCUT2D eigenvalue weighted by molar-refractivity contribution is -0.0154. The van der Waals surface area contributed by atoms with Crippen molar-refractivity contribution in [2.45, 2.75) is 43.7 Å². The molecule has 0 radical (unpaired) electrons. The van der Waals surface area contributed by atoms with E-state index >= 15 is 0 Å². The first-order valence-electron chi connectivity index (χ1n) is 10.9. The van der Waals surface area contributed by atoms with E-state index in [0.29, 0.717) is 17.2 Å². The van der Waals surface area contributed by atoms with E-state index in [2.05, 4.69) is 44.9 Å². The highest BCUT2D eigenvalue weighted by Crippen LogP contribution is 2.39. The Balaban J connectivity index is 1.34. The van der Waals surface area contributed by atoms with Gasteiger partial charge in [0.2, 0.25) is 5.82 Å².